The van der Waals surface area contributed by atoms with Crippen LogP contribution in [-0.2, 0) is 21.2 Å². The predicted molar refractivity (Wildman–Crippen MR) is 95.5 cm³/mol. The zero-order valence-corrected chi connectivity index (χ0v) is 15.4. The fourth-order valence-corrected chi connectivity index (χ4v) is 3.01. The number of carbonyl (C=O) groups excluding carboxylic acids is 1. The molecule has 0 spiro atoms. The first-order chi connectivity index (χ1) is 11.3. The largest absolute Gasteiger partial charge is 0.483 e. The van der Waals surface area contributed by atoms with Crippen LogP contribution in [-0.4, -0.2) is 20.9 Å². The molecule has 2 rings (SSSR count). The summed E-state index contributed by atoms with van der Waals surface area (Å²) in [7, 11) is -3.75. The Balaban J connectivity index is 1.94. The van der Waals surface area contributed by atoms with E-state index in [1.165, 1.54) is 24.3 Å². The van der Waals surface area contributed by atoms with Gasteiger partial charge in [-0.2, -0.15) is 0 Å². The number of hydrogen-bond donors (Lipinski definition) is 2. The lowest BCUT2D eigenvalue weighted by Crippen LogP contribution is -2.20. The van der Waals surface area contributed by atoms with Crippen molar-refractivity contribution in [3.05, 3.63) is 52.5 Å². The number of ether oxygens (including phenoxy) is 1. The van der Waals surface area contributed by atoms with E-state index in [9.17, 15) is 13.2 Å². The van der Waals surface area contributed by atoms with Crippen LogP contribution in [0.15, 0.2) is 51.8 Å². The van der Waals surface area contributed by atoms with Crippen LogP contribution >= 0.6 is 15.9 Å². The molecular formula is C16H17BrN2O4S. The number of nitrogens with two attached hydrogens (primary N) is 1. The van der Waals surface area contributed by atoms with Crippen LogP contribution in [0.3, 0.4) is 0 Å². The minimum absolute atomic E-state index is 0.0170. The van der Waals surface area contributed by atoms with E-state index in [-0.39, 0.29) is 17.4 Å². The topological polar surface area (TPSA) is 98.5 Å². The Labute approximate surface area is 149 Å². The van der Waals surface area contributed by atoms with E-state index in [1.807, 2.05) is 12.1 Å². The third-order valence-corrected chi connectivity index (χ3v) is 4.78. The van der Waals surface area contributed by atoms with E-state index >= 15 is 0 Å². The summed E-state index contributed by atoms with van der Waals surface area (Å²) in [6.45, 7) is 1.89. The third kappa shape index (κ3) is 5.05. The molecule has 1 amide bonds. The zero-order chi connectivity index (χ0) is 17.7. The van der Waals surface area contributed by atoms with Crippen LogP contribution in [0.2, 0.25) is 0 Å². The van der Waals surface area contributed by atoms with Crippen molar-refractivity contribution in [1.29, 1.82) is 0 Å². The molecule has 0 fully saturated rings. The van der Waals surface area contributed by atoms with Crippen molar-refractivity contribution >= 4 is 37.5 Å². The van der Waals surface area contributed by atoms with Crippen molar-refractivity contribution in [2.75, 3.05) is 11.9 Å². The predicted octanol–water partition coefficient (Wildman–Crippen LogP) is 2.68. The number of sulfonamides is 1. The van der Waals surface area contributed by atoms with Gasteiger partial charge in [-0.25, -0.2) is 13.6 Å². The Morgan fingerprint density at radius 2 is 1.88 bits per heavy atom. The zero-order valence-electron chi connectivity index (χ0n) is 13.0. The fourth-order valence-electron chi connectivity index (χ4n) is 1.95. The van der Waals surface area contributed by atoms with Gasteiger partial charge >= 0.3 is 0 Å². The second-order valence-electron chi connectivity index (χ2n) is 5.02. The number of nitrogens with one attached hydrogen (secondary N) is 1. The summed E-state index contributed by atoms with van der Waals surface area (Å²) in [6.07, 6.45) is 0.911. The fraction of sp³-hybridized carbons (Fsp3) is 0.188. The molecule has 0 atom stereocenters. The van der Waals surface area contributed by atoms with Crippen molar-refractivity contribution in [2.45, 2.75) is 18.2 Å². The molecule has 0 unspecified atom stereocenters. The molecule has 0 aromatic heterocycles. The molecule has 0 saturated carbocycles. The molecule has 6 nitrogen and oxygen atoms in total. The van der Waals surface area contributed by atoms with Crippen molar-refractivity contribution in [3.8, 4) is 5.75 Å². The number of anilines is 1. The summed E-state index contributed by atoms with van der Waals surface area (Å²) in [5.74, 6) is 0.219. The van der Waals surface area contributed by atoms with Crippen LogP contribution in [0.25, 0.3) is 0 Å². The number of rotatable bonds is 6. The maximum absolute atomic E-state index is 11.9. The number of amides is 1. The average molecular weight is 413 g/mol. The lowest BCUT2D eigenvalue weighted by molar-refractivity contribution is -0.118. The molecule has 3 N–H and O–H groups in total. The second kappa shape index (κ2) is 7.78. The highest BCUT2D eigenvalue weighted by molar-refractivity contribution is 9.10. The molecule has 0 heterocycles. The van der Waals surface area contributed by atoms with Crippen LogP contribution in [0.5, 0.6) is 5.75 Å². The maximum atomic E-state index is 11.9. The van der Waals surface area contributed by atoms with Gasteiger partial charge in [0.2, 0.25) is 10.0 Å². The summed E-state index contributed by atoms with van der Waals surface area (Å²) in [5.41, 5.74) is 1.62. The average Bonchev–Trinajstić information content (AvgIpc) is 2.53. The molecule has 128 valence electrons. The smallest absolute Gasteiger partial charge is 0.262 e. The first kappa shape index (κ1) is 18.4. The standard InChI is InChI=1S/C16H17BrN2O4S/c1-2-11-3-8-15(14(17)9-11)23-10-16(20)19-12-4-6-13(7-5-12)24(18,21)22/h3-9H,2,10H2,1H3,(H,19,20)(H2,18,21,22). The van der Waals surface area contributed by atoms with Crippen LogP contribution in [0.1, 0.15) is 12.5 Å². The number of benzene rings is 2. The molecule has 0 aliphatic carbocycles. The molecule has 8 heteroatoms. The SMILES string of the molecule is CCc1ccc(OCC(=O)Nc2ccc(S(N)(=O)=O)cc2)c(Br)c1. The van der Waals surface area contributed by atoms with Crippen LogP contribution in [0.4, 0.5) is 5.69 Å². The first-order valence-electron chi connectivity index (χ1n) is 7.13. The van der Waals surface area contributed by atoms with E-state index in [0.717, 1.165) is 16.5 Å². The normalized spacial score (nSPS) is 11.1. The van der Waals surface area contributed by atoms with Gasteiger partial charge in [-0.05, 0) is 64.3 Å². The minimum Gasteiger partial charge on any atom is -0.483 e. The van der Waals surface area contributed by atoms with Crippen LogP contribution in [0, 0.1) is 0 Å². The summed E-state index contributed by atoms with van der Waals surface area (Å²) in [5, 5.41) is 7.63. The monoisotopic (exact) mass is 412 g/mol. The highest BCUT2D eigenvalue weighted by Crippen LogP contribution is 2.26. The first-order valence-corrected chi connectivity index (χ1v) is 9.47. The van der Waals surface area contributed by atoms with Gasteiger partial charge in [-0.3, -0.25) is 4.79 Å². The van der Waals surface area contributed by atoms with E-state index in [0.29, 0.717) is 11.4 Å². The summed E-state index contributed by atoms with van der Waals surface area (Å²) in [4.78, 5) is 11.9. The molecule has 0 bridgehead atoms. The number of aryl methyl sites for hydroxylation is 1. The Morgan fingerprint density at radius 3 is 2.42 bits per heavy atom. The molecule has 0 aliphatic rings. The molecule has 2 aromatic carbocycles. The summed E-state index contributed by atoms with van der Waals surface area (Å²) >= 11 is 3.41. The van der Waals surface area contributed by atoms with Gasteiger partial charge in [0.05, 0.1) is 9.37 Å². The number of hydrogen-bond acceptors (Lipinski definition) is 4. The van der Waals surface area contributed by atoms with Gasteiger partial charge in [0.25, 0.3) is 5.91 Å². The second-order valence-corrected chi connectivity index (χ2v) is 7.44. The molecule has 0 saturated heterocycles. The van der Waals surface area contributed by atoms with Gasteiger partial charge in [0.15, 0.2) is 6.61 Å². The molecule has 2 aromatic rings. The number of carbonyl (C=O) groups is 1. The van der Waals surface area contributed by atoms with E-state index in [1.54, 1.807) is 6.07 Å². The summed E-state index contributed by atoms with van der Waals surface area (Å²) in [6, 6.07) is 11.3. The number of halogens is 1. The third-order valence-electron chi connectivity index (χ3n) is 3.23. The van der Waals surface area contributed by atoms with Crippen molar-refractivity contribution < 1.29 is 17.9 Å². The minimum atomic E-state index is -3.75. The molecule has 0 aliphatic heterocycles. The van der Waals surface area contributed by atoms with Gasteiger partial charge < -0.3 is 10.1 Å². The highest BCUT2D eigenvalue weighted by Gasteiger charge is 2.09. The summed E-state index contributed by atoms with van der Waals surface area (Å²) < 4.78 is 28.6. The van der Waals surface area contributed by atoms with E-state index in [4.69, 9.17) is 9.88 Å². The Kier molecular flexibility index (Phi) is 5.98. The quantitative estimate of drug-likeness (QED) is 0.761. The highest BCUT2D eigenvalue weighted by atomic mass is 79.9. The Hall–Kier alpha value is -1.90. The molecular weight excluding hydrogens is 396 g/mol. The van der Waals surface area contributed by atoms with Crippen LogP contribution < -0.4 is 15.2 Å². The maximum Gasteiger partial charge on any atom is 0.262 e. The number of primary sulfonamides is 1. The van der Waals surface area contributed by atoms with Gasteiger partial charge in [-0.1, -0.05) is 13.0 Å². The molecule has 24 heavy (non-hydrogen) atoms. The van der Waals surface area contributed by atoms with Gasteiger partial charge in [0, 0.05) is 5.69 Å². The van der Waals surface area contributed by atoms with Crippen molar-refractivity contribution in [1.82, 2.24) is 0 Å². The Bertz CT molecular complexity index is 836. The Morgan fingerprint density at radius 1 is 1.21 bits per heavy atom. The van der Waals surface area contributed by atoms with Gasteiger partial charge in [-0.15, -0.1) is 0 Å². The lowest BCUT2D eigenvalue weighted by atomic mass is 10.2. The lowest BCUT2D eigenvalue weighted by Gasteiger charge is -2.10. The van der Waals surface area contributed by atoms with Gasteiger partial charge in [0.1, 0.15) is 5.75 Å². The van der Waals surface area contributed by atoms with E-state index in [2.05, 4.69) is 28.2 Å². The van der Waals surface area contributed by atoms with E-state index < -0.39 is 10.0 Å². The van der Waals surface area contributed by atoms with Crippen molar-refractivity contribution in [3.63, 3.8) is 0 Å². The van der Waals surface area contributed by atoms with Crippen molar-refractivity contribution in [2.24, 2.45) is 5.14 Å². The molecule has 0 radical (unpaired) electrons.